The number of carbonyl (C=O) groups excluding carboxylic acids is 5. The van der Waals surface area contributed by atoms with E-state index < -0.39 is 36.3 Å². The molecule has 23 heavy (non-hydrogen) atoms. The molecule has 0 aromatic rings. The lowest BCUT2D eigenvalue weighted by atomic mass is 10.2. The fourth-order valence-electron chi connectivity index (χ4n) is 2.91. The molecule has 2 saturated carbocycles. The van der Waals surface area contributed by atoms with Crippen LogP contribution in [0, 0.1) is 0 Å². The summed E-state index contributed by atoms with van der Waals surface area (Å²) in [7, 11) is 0. The first kappa shape index (κ1) is 15.4. The van der Waals surface area contributed by atoms with Crippen molar-refractivity contribution in [2.75, 3.05) is 6.54 Å². The molecule has 7 amide bonds. The Hall–Kier alpha value is -2.45. The van der Waals surface area contributed by atoms with Crippen LogP contribution in [0.15, 0.2) is 0 Å². The Morgan fingerprint density at radius 1 is 1.00 bits per heavy atom. The Bertz CT molecular complexity index is 580. The van der Waals surface area contributed by atoms with Gasteiger partial charge in [-0.15, -0.1) is 0 Å². The molecule has 0 bridgehead atoms. The minimum atomic E-state index is -1.01. The summed E-state index contributed by atoms with van der Waals surface area (Å²) < 4.78 is 0. The highest BCUT2D eigenvalue weighted by Crippen LogP contribution is 2.27. The first-order valence-corrected chi connectivity index (χ1v) is 7.76. The third-order valence-electron chi connectivity index (χ3n) is 4.24. The normalized spacial score (nSPS) is 22.0. The number of carbonyl (C=O) groups is 5. The van der Waals surface area contributed by atoms with E-state index in [0.717, 1.165) is 30.6 Å². The Morgan fingerprint density at radius 2 is 1.65 bits per heavy atom. The van der Waals surface area contributed by atoms with Gasteiger partial charge in [0, 0.05) is 12.1 Å². The quantitative estimate of drug-likeness (QED) is 0.545. The number of urea groups is 2. The van der Waals surface area contributed by atoms with E-state index in [-0.39, 0.29) is 12.1 Å². The molecule has 0 unspecified atom stereocenters. The van der Waals surface area contributed by atoms with Gasteiger partial charge in [0.05, 0.1) is 0 Å². The number of nitrogens with one attached hydrogen (secondary N) is 2. The maximum absolute atomic E-state index is 12.3. The van der Waals surface area contributed by atoms with Crippen LogP contribution in [-0.4, -0.2) is 58.2 Å². The van der Waals surface area contributed by atoms with Crippen molar-refractivity contribution in [3.8, 4) is 0 Å². The zero-order chi connectivity index (χ0) is 16.6. The van der Waals surface area contributed by atoms with Gasteiger partial charge in [-0.25, -0.2) is 14.5 Å². The molecule has 9 nitrogen and oxygen atoms in total. The van der Waals surface area contributed by atoms with Crippen molar-refractivity contribution < 1.29 is 24.0 Å². The molecule has 3 aliphatic rings. The van der Waals surface area contributed by atoms with E-state index in [1.54, 1.807) is 0 Å². The summed E-state index contributed by atoms with van der Waals surface area (Å²) in [5, 5.41) is 4.61. The SMILES string of the molecule is O=C(CN1C(=O)C(=O)N(C2CCCC2)C1=O)NC(=O)NC1CC1. The minimum absolute atomic E-state index is 0.0808. The van der Waals surface area contributed by atoms with E-state index in [4.69, 9.17) is 0 Å². The molecule has 3 rings (SSSR count). The van der Waals surface area contributed by atoms with E-state index in [1.165, 1.54) is 0 Å². The summed E-state index contributed by atoms with van der Waals surface area (Å²) in [5.74, 6) is -2.71. The van der Waals surface area contributed by atoms with Gasteiger partial charge in [-0.1, -0.05) is 12.8 Å². The average molecular weight is 322 g/mol. The zero-order valence-corrected chi connectivity index (χ0v) is 12.5. The summed E-state index contributed by atoms with van der Waals surface area (Å²) in [6.45, 7) is -0.634. The van der Waals surface area contributed by atoms with Gasteiger partial charge in [0.15, 0.2) is 0 Å². The van der Waals surface area contributed by atoms with Crippen molar-refractivity contribution in [2.24, 2.45) is 0 Å². The zero-order valence-electron chi connectivity index (χ0n) is 12.5. The molecular formula is C14H18N4O5. The second-order valence-electron chi connectivity index (χ2n) is 6.08. The molecule has 0 atom stereocenters. The summed E-state index contributed by atoms with van der Waals surface area (Å²) in [6.07, 6.45) is 4.89. The smallest absolute Gasteiger partial charge is 0.334 e. The van der Waals surface area contributed by atoms with Crippen LogP contribution < -0.4 is 10.6 Å². The van der Waals surface area contributed by atoms with Crippen LogP contribution in [0.2, 0.25) is 0 Å². The molecule has 9 heteroatoms. The van der Waals surface area contributed by atoms with Crippen LogP contribution in [0.3, 0.4) is 0 Å². The molecule has 1 saturated heterocycles. The Kier molecular flexibility index (Phi) is 4.01. The minimum Gasteiger partial charge on any atom is -0.335 e. The molecule has 1 heterocycles. The standard InChI is InChI=1S/C14H18N4O5/c19-10(16-13(22)15-8-5-6-8)7-17-11(20)12(21)18(14(17)23)9-3-1-2-4-9/h8-9H,1-7H2,(H2,15,16,19,22). The van der Waals surface area contributed by atoms with Gasteiger partial charge in [0.1, 0.15) is 6.54 Å². The second kappa shape index (κ2) is 5.98. The van der Waals surface area contributed by atoms with E-state index in [2.05, 4.69) is 10.6 Å². The molecular weight excluding hydrogens is 304 g/mol. The summed E-state index contributed by atoms with van der Waals surface area (Å²) in [4.78, 5) is 61.0. The molecule has 124 valence electrons. The number of amides is 7. The fourth-order valence-corrected chi connectivity index (χ4v) is 2.91. The number of rotatable bonds is 4. The van der Waals surface area contributed by atoms with Crippen molar-refractivity contribution >= 4 is 29.8 Å². The van der Waals surface area contributed by atoms with Gasteiger partial charge >= 0.3 is 23.9 Å². The van der Waals surface area contributed by atoms with E-state index in [0.29, 0.717) is 17.7 Å². The molecule has 2 aliphatic carbocycles. The van der Waals surface area contributed by atoms with E-state index >= 15 is 0 Å². The van der Waals surface area contributed by atoms with Crippen molar-refractivity contribution in [1.82, 2.24) is 20.4 Å². The molecule has 3 fully saturated rings. The van der Waals surface area contributed by atoms with Crippen LogP contribution in [0.1, 0.15) is 38.5 Å². The average Bonchev–Trinajstić information content (AvgIpc) is 3.08. The molecule has 0 aromatic carbocycles. The first-order valence-electron chi connectivity index (χ1n) is 7.76. The highest BCUT2D eigenvalue weighted by atomic mass is 16.2. The summed E-state index contributed by atoms with van der Waals surface area (Å²) in [5.41, 5.74) is 0. The summed E-state index contributed by atoms with van der Waals surface area (Å²) in [6, 6.07) is -1.62. The number of hydrogen-bond acceptors (Lipinski definition) is 5. The Balaban J connectivity index is 1.59. The lowest BCUT2D eigenvalue weighted by Gasteiger charge is -2.20. The van der Waals surface area contributed by atoms with Gasteiger partial charge in [0.2, 0.25) is 5.91 Å². The van der Waals surface area contributed by atoms with E-state index in [9.17, 15) is 24.0 Å². The highest BCUT2D eigenvalue weighted by Gasteiger charge is 2.48. The van der Waals surface area contributed by atoms with Crippen molar-refractivity contribution in [2.45, 2.75) is 50.6 Å². The third kappa shape index (κ3) is 3.17. The lowest BCUT2D eigenvalue weighted by molar-refractivity contribution is -0.144. The molecule has 2 N–H and O–H groups in total. The Labute approximate surface area is 132 Å². The third-order valence-corrected chi connectivity index (χ3v) is 4.24. The van der Waals surface area contributed by atoms with Gasteiger partial charge in [-0.3, -0.25) is 24.6 Å². The van der Waals surface area contributed by atoms with Gasteiger partial charge in [0.25, 0.3) is 0 Å². The fraction of sp³-hybridized carbons (Fsp3) is 0.643. The number of nitrogens with zero attached hydrogens (tertiary/aromatic N) is 2. The highest BCUT2D eigenvalue weighted by molar-refractivity contribution is 6.45. The maximum atomic E-state index is 12.3. The van der Waals surface area contributed by atoms with Gasteiger partial charge in [-0.2, -0.15) is 0 Å². The second-order valence-corrected chi connectivity index (χ2v) is 6.08. The molecule has 0 aromatic heterocycles. The topological polar surface area (TPSA) is 116 Å². The number of hydrogen-bond donors (Lipinski definition) is 2. The van der Waals surface area contributed by atoms with Crippen molar-refractivity contribution in [3.63, 3.8) is 0 Å². The molecule has 0 spiro atoms. The lowest BCUT2D eigenvalue weighted by Crippen LogP contribution is -2.47. The van der Waals surface area contributed by atoms with Crippen LogP contribution in [-0.2, 0) is 14.4 Å². The van der Waals surface area contributed by atoms with Gasteiger partial charge < -0.3 is 5.32 Å². The van der Waals surface area contributed by atoms with Gasteiger partial charge in [-0.05, 0) is 25.7 Å². The van der Waals surface area contributed by atoms with Crippen LogP contribution in [0.4, 0.5) is 9.59 Å². The number of imide groups is 3. The van der Waals surface area contributed by atoms with Crippen molar-refractivity contribution in [1.29, 1.82) is 0 Å². The predicted molar refractivity (Wildman–Crippen MR) is 75.9 cm³/mol. The first-order chi connectivity index (χ1) is 11.0. The molecule has 0 radical (unpaired) electrons. The summed E-state index contributed by atoms with van der Waals surface area (Å²) >= 11 is 0. The largest absolute Gasteiger partial charge is 0.335 e. The Morgan fingerprint density at radius 3 is 2.26 bits per heavy atom. The van der Waals surface area contributed by atoms with Crippen LogP contribution >= 0.6 is 0 Å². The van der Waals surface area contributed by atoms with E-state index in [1.807, 2.05) is 0 Å². The van der Waals surface area contributed by atoms with Crippen LogP contribution in [0.5, 0.6) is 0 Å². The predicted octanol–water partition coefficient (Wildman–Crippen LogP) is -0.292. The van der Waals surface area contributed by atoms with Crippen molar-refractivity contribution in [3.05, 3.63) is 0 Å². The maximum Gasteiger partial charge on any atom is 0.334 e. The monoisotopic (exact) mass is 322 g/mol. The molecule has 1 aliphatic heterocycles. The van der Waals surface area contributed by atoms with Crippen LogP contribution in [0.25, 0.3) is 0 Å².